The number of rotatable bonds is 1. The van der Waals surface area contributed by atoms with E-state index in [1.54, 1.807) is 4.90 Å². The molecular formula is C14H20N2O. The van der Waals surface area contributed by atoms with Crippen LogP contribution in [0.15, 0.2) is 18.2 Å². The van der Waals surface area contributed by atoms with Gasteiger partial charge in [-0.15, -0.1) is 0 Å². The van der Waals surface area contributed by atoms with Gasteiger partial charge in [-0.3, -0.25) is 4.79 Å². The van der Waals surface area contributed by atoms with Gasteiger partial charge in [0.1, 0.15) is 0 Å². The lowest BCUT2D eigenvalue weighted by molar-refractivity contribution is -0.118. The number of fused-ring (bicyclic) bond motifs is 1. The number of hydrogen-bond acceptors (Lipinski definition) is 2. The Labute approximate surface area is 103 Å². The number of anilines is 2. The van der Waals surface area contributed by atoms with Crippen molar-refractivity contribution in [2.24, 2.45) is 0 Å². The monoisotopic (exact) mass is 232 g/mol. The van der Waals surface area contributed by atoms with Gasteiger partial charge in [0, 0.05) is 19.5 Å². The maximum Gasteiger partial charge on any atom is 0.228 e. The third-order valence-corrected chi connectivity index (χ3v) is 3.31. The van der Waals surface area contributed by atoms with Crippen molar-refractivity contribution >= 4 is 17.3 Å². The van der Waals surface area contributed by atoms with Crippen LogP contribution >= 0.6 is 0 Å². The second-order valence-corrected chi connectivity index (χ2v) is 5.13. The van der Waals surface area contributed by atoms with Crippen LogP contribution in [0.25, 0.3) is 0 Å². The van der Waals surface area contributed by atoms with Crippen LogP contribution in [-0.2, 0) is 4.79 Å². The van der Waals surface area contributed by atoms with Gasteiger partial charge >= 0.3 is 0 Å². The van der Waals surface area contributed by atoms with Crippen molar-refractivity contribution < 1.29 is 4.79 Å². The highest BCUT2D eigenvalue weighted by molar-refractivity contribution is 5.98. The second kappa shape index (κ2) is 4.40. The zero-order valence-electron chi connectivity index (χ0n) is 10.9. The lowest BCUT2D eigenvalue weighted by atomic mass is 10.0. The number of amides is 1. The summed E-state index contributed by atoms with van der Waals surface area (Å²) < 4.78 is 0. The number of benzene rings is 1. The van der Waals surface area contributed by atoms with Gasteiger partial charge in [0.25, 0.3) is 0 Å². The van der Waals surface area contributed by atoms with Crippen molar-refractivity contribution in [3.8, 4) is 0 Å². The molecule has 0 aliphatic carbocycles. The molecule has 1 atom stereocenters. The van der Waals surface area contributed by atoms with E-state index in [-0.39, 0.29) is 11.9 Å². The minimum atomic E-state index is 0.171. The maximum atomic E-state index is 12.0. The lowest BCUT2D eigenvalue weighted by Crippen LogP contribution is -2.27. The smallest absolute Gasteiger partial charge is 0.228 e. The quantitative estimate of drug-likeness (QED) is 0.807. The third-order valence-electron chi connectivity index (χ3n) is 3.31. The summed E-state index contributed by atoms with van der Waals surface area (Å²) in [6.07, 6.45) is 0.544. The molecule has 1 aromatic rings. The number of nitrogens with one attached hydrogen (secondary N) is 1. The lowest BCUT2D eigenvalue weighted by Gasteiger charge is -2.19. The molecule has 1 aliphatic rings. The molecule has 0 radical (unpaired) electrons. The first kappa shape index (κ1) is 12.0. The molecule has 0 fully saturated rings. The normalized spacial score (nSPS) is 19.9. The van der Waals surface area contributed by atoms with Crippen molar-refractivity contribution in [3.63, 3.8) is 0 Å². The van der Waals surface area contributed by atoms with E-state index >= 15 is 0 Å². The number of hydrogen-bond donors (Lipinski definition) is 1. The van der Waals surface area contributed by atoms with Crippen LogP contribution in [0.4, 0.5) is 11.4 Å². The summed E-state index contributed by atoms with van der Waals surface area (Å²) in [5.41, 5.74) is 3.31. The van der Waals surface area contributed by atoms with Crippen molar-refractivity contribution in [2.75, 3.05) is 17.3 Å². The van der Waals surface area contributed by atoms with Gasteiger partial charge < -0.3 is 10.2 Å². The fourth-order valence-electron chi connectivity index (χ4n) is 2.16. The Balaban J connectivity index is 2.47. The highest BCUT2D eigenvalue weighted by Crippen LogP contribution is 2.32. The molecule has 1 unspecified atom stereocenters. The molecule has 1 N–H and O–H groups in total. The minimum Gasteiger partial charge on any atom is -0.380 e. The van der Waals surface area contributed by atoms with Crippen molar-refractivity contribution in [2.45, 2.75) is 39.2 Å². The summed E-state index contributed by atoms with van der Waals surface area (Å²) in [5, 5.41) is 3.39. The van der Waals surface area contributed by atoms with E-state index in [0.29, 0.717) is 12.3 Å². The molecule has 1 aromatic carbocycles. The van der Waals surface area contributed by atoms with Gasteiger partial charge in [0.05, 0.1) is 11.4 Å². The van der Waals surface area contributed by atoms with Crippen LogP contribution in [0.3, 0.4) is 0 Å². The van der Waals surface area contributed by atoms with Crippen LogP contribution in [0.1, 0.15) is 38.7 Å². The average molecular weight is 232 g/mol. The summed E-state index contributed by atoms with van der Waals surface area (Å²) in [7, 11) is 1.85. The molecule has 3 nitrogen and oxygen atoms in total. The van der Waals surface area contributed by atoms with E-state index in [4.69, 9.17) is 0 Å². The van der Waals surface area contributed by atoms with E-state index in [9.17, 15) is 4.79 Å². The molecule has 17 heavy (non-hydrogen) atoms. The average Bonchev–Trinajstić information content (AvgIpc) is 2.37. The van der Waals surface area contributed by atoms with E-state index < -0.39 is 0 Å². The summed E-state index contributed by atoms with van der Waals surface area (Å²) in [6.45, 7) is 6.36. The van der Waals surface area contributed by atoms with Gasteiger partial charge in [0.2, 0.25) is 5.91 Å². The van der Waals surface area contributed by atoms with Crippen LogP contribution in [0.5, 0.6) is 0 Å². The Bertz CT molecular complexity index is 440. The highest BCUT2D eigenvalue weighted by atomic mass is 16.2. The van der Waals surface area contributed by atoms with E-state index in [1.807, 2.05) is 14.0 Å². The largest absolute Gasteiger partial charge is 0.380 e. The fraction of sp³-hybridized carbons (Fsp3) is 0.500. The van der Waals surface area contributed by atoms with Crippen molar-refractivity contribution in [3.05, 3.63) is 23.8 Å². The number of nitrogens with zero attached hydrogens (tertiary/aromatic N) is 1. The van der Waals surface area contributed by atoms with Crippen LogP contribution in [0, 0.1) is 0 Å². The SMILES string of the molecule is CC1CC(=O)N(C)c2cc(C(C)C)ccc2N1. The van der Waals surface area contributed by atoms with Crippen molar-refractivity contribution in [1.29, 1.82) is 0 Å². The Morgan fingerprint density at radius 3 is 2.76 bits per heavy atom. The maximum absolute atomic E-state index is 12.0. The molecule has 0 saturated heterocycles. The molecule has 0 spiro atoms. The number of carbonyl (C=O) groups excluding carboxylic acids is 1. The first-order valence-electron chi connectivity index (χ1n) is 6.16. The molecule has 3 heteroatoms. The van der Waals surface area contributed by atoms with Crippen LogP contribution < -0.4 is 10.2 Å². The van der Waals surface area contributed by atoms with Gasteiger partial charge in [0.15, 0.2) is 0 Å². The Morgan fingerprint density at radius 1 is 1.41 bits per heavy atom. The molecule has 0 bridgehead atoms. The zero-order chi connectivity index (χ0) is 12.6. The van der Waals surface area contributed by atoms with Crippen LogP contribution in [0.2, 0.25) is 0 Å². The predicted octanol–water partition coefficient (Wildman–Crippen LogP) is 2.98. The number of carbonyl (C=O) groups is 1. The summed E-state index contributed by atoms with van der Waals surface area (Å²) >= 11 is 0. The van der Waals surface area contributed by atoms with Gasteiger partial charge in [-0.1, -0.05) is 19.9 Å². The Hall–Kier alpha value is -1.51. The third kappa shape index (κ3) is 2.28. The second-order valence-electron chi connectivity index (χ2n) is 5.13. The summed E-state index contributed by atoms with van der Waals surface area (Å²) in [6, 6.07) is 6.52. The summed E-state index contributed by atoms with van der Waals surface area (Å²) in [5.74, 6) is 0.647. The Kier molecular flexibility index (Phi) is 3.09. The molecule has 1 heterocycles. The molecule has 1 aliphatic heterocycles. The first-order valence-corrected chi connectivity index (χ1v) is 6.16. The van der Waals surface area contributed by atoms with Crippen LogP contribution in [-0.4, -0.2) is 19.0 Å². The predicted molar refractivity (Wildman–Crippen MR) is 71.6 cm³/mol. The standard InChI is InChI=1S/C14H20N2O/c1-9(2)11-5-6-12-13(8-11)16(4)14(17)7-10(3)15-12/h5-6,8-10,15H,7H2,1-4H3. The molecule has 0 saturated carbocycles. The molecular weight excluding hydrogens is 212 g/mol. The molecule has 92 valence electrons. The fourth-order valence-corrected chi connectivity index (χ4v) is 2.16. The van der Waals surface area contributed by atoms with Gasteiger partial charge in [-0.05, 0) is 30.5 Å². The molecule has 0 aromatic heterocycles. The molecule has 1 amide bonds. The first-order chi connectivity index (χ1) is 7.99. The minimum absolute atomic E-state index is 0.171. The van der Waals surface area contributed by atoms with Gasteiger partial charge in [-0.25, -0.2) is 0 Å². The summed E-state index contributed by atoms with van der Waals surface area (Å²) in [4.78, 5) is 13.7. The van der Waals surface area contributed by atoms with Crippen molar-refractivity contribution in [1.82, 2.24) is 0 Å². The van der Waals surface area contributed by atoms with E-state index in [1.165, 1.54) is 5.56 Å². The zero-order valence-corrected chi connectivity index (χ0v) is 10.9. The molecule has 2 rings (SSSR count). The highest BCUT2D eigenvalue weighted by Gasteiger charge is 2.22. The van der Waals surface area contributed by atoms with E-state index in [2.05, 4.69) is 37.4 Å². The topological polar surface area (TPSA) is 32.3 Å². The Morgan fingerprint density at radius 2 is 2.12 bits per heavy atom. The van der Waals surface area contributed by atoms with E-state index in [0.717, 1.165) is 11.4 Å². The van der Waals surface area contributed by atoms with Gasteiger partial charge in [-0.2, -0.15) is 0 Å².